The molecule has 0 aliphatic heterocycles. The minimum Gasteiger partial charge on any atom is -0.494 e. The lowest BCUT2D eigenvalue weighted by molar-refractivity contribution is -0.121. The third-order valence-electron chi connectivity index (χ3n) is 2.27. The molecule has 7 nitrogen and oxygen atoms in total. The highest BCUT2D eigenvalue weighted by Crippen LogP contribution is 2.07. The van der Waals surface area contributed by atoms with Gasteiger partial charge in [-0.15, -0.1) is 0 Å². The number of aromatic hydroxyl groups is 1. The number of rotatable bonds is 4. The van der Waals surface area contributed by atoms with Crippen LogP contribution in [0.4, 0.5) is 0 Å². The SMILES string of the molecule is CCCNC(=O)Cn1c(O)c(C)c(=O)[nH]c1=O. The Labute approximate surface area is 97.1 Å². The summed E-state index contributed by atoms with van der Waals surface area (Å²) in [6.45, 7) is 3.45. The van der Waals surface area contributed by atoms with Gasteiger partial charge in [-0.3, -0.25) is 19.1 Å². The number of nitrogens with one attached hydrogen (secondary N) is 2. The van der Waals surface area contributed by atoms with Crippen molar-refractivity contribution in [1.29, 1.82) is 0 Å². The Morgan fingerprint density at radius 3 is 2.71 bits per heavy atom. The van der Waals surface area contributed by atoms with E-state index >= 15 is 0 Å². The van der Waals surface area contributed by atoms with E-state index in [1.165, 1.54) is 6.92 Å². The highest BCUT2D eigenvalue weighted by Gasteiger charge is 2.12. The van der Waals surface area contributed by atoms with E-state index in [1.807, 2.05) is 11.9 Å². The summed E-state index contributed by atoms with van der Waals surface area (Å²) in [5.74, 6) is -0.874. The van der Waals surface area contributed by atoms with E-state index in [4.69, 9.17) is 0 Å². The van der Waals surface area contributed by atoms with Crippen LogP contribution in [0.15, 0.2) is 9.59 Å². The molecule has 1 aromatic rings. The first-order valence-corrected chi connectivity index (χ1v) is 5.26. The second-order valence-corrected chi connectivity index (χ2v) is 3.64. The van der Waals surface area contributed by atoms with Gasteiger partial charge >= 0.3 is 5.69 Å². The first kappa shape index (κ1) is 13.0. The number of hydrogen-bond donors (Lipinski definition) is 3. The van der Waals surface area contributed by atoms with E-state index < -0.39 is 23.0 Å². The van der Waals surface area contributed by atoms with E-state index in [-0.39, 0.29) is 12.1 Å². The number of hydrogen-bond acceptors (Lipinski definition) is 4. The third-order valence-corrected chi connectivity index (χ3v) is 2.27. The Hall–Kier alpha value is -2.05. The monoisotopic (exact) mass is 241 g/mol. The summed E-state index contributed by atoms with van der Waals surface area (Å²) >= 11 is 0. The normalized spacial score (nSPS) is 10.2. The summed E-state index contributed by atoms with van der Waals surface area (Å²) in [6.07, 6.45) is 0.775. The van der Waals surface area contributed by atoms with Crippen molar-refractivity contribution in [3.63, 3.8) is 0 Å². The smallest absolute Gasteiger partial charge is 0.331 e. The number of H-pyrrole nitrogens is 1. The van der Waals surface area contributed by atoms with Crippen LogP contribution in [0, 0.1) is 6.92 Å². The number of carbonyl (C=O) groups is 1. The summed E-state index contributed by atoms with van der Waals surface area (Å²) in [4.78, 5) is 36.0. The molecule has 0 bridgehead atoms. The van der Waals surface area contributed by atoms with Crippen LogP contribution >= 0.6 is 0 Å². The van der Waals surface area contributed by atoms with E-state index in [2.05, 4.69) is 5.32 Å². The molecule has 0 aliphatic rings. The second kappa shape index (κ2) is 5.33. The molecule has 1 aromatic heterocycles. The van der Waals surface area contributed by atoms with Crippen molar-refractivity contribution in [2.24, 2.45) is 0 Å². The van der Waals surface area contributed by atoms with E-state index in [9.17, 15) is 19.5 Å². The Kier molecular flexibility index (Phi) is 4.08. The molecule has 1 amide bonds. The number of aromatic nitrogens is 2. The number of nitrogens with zero attached hydrogens (tertiary/aromatic N) is 1. The molecule has 1 heterocycles. The van der Waals surface area contributed by atoms with Gasteiger partial charge in [0.15, 0.2) is 0 Å². The van der Waals surface area contributed by atoms with E-state index in [0.717, 1.165) is 11.0 Å². The van der Waals surface area contributed by atoms with Crippen molar-refractivity contribution in [3.8, 4) is 5.88 Å². The molecule has 0 spiro atoms. The molecule has 1 rings (SSSR count). The van der Waals surface area contributed by atoms with Gasteiger partial charge in [-0.2, -0.15) is 0 Å². The molecule has 17 heavy (non-hydrogen) atoms. The molecule has 0 radical (unpaired) electrons. The van der Waals surface area contributed by atoms with Crippen LogP contribution in [0.1, 0.15) is 18.9 Å². The molecule has 3 N–H and O–H groups in total. The maximum Gasteiger partial charge on any atom is 0.331 e. The summed E-state index contributed by atoms with van der Waals surface area (Å²) in [6, 6.07) is 0. The van der Waals surface area contributed by atoms with Gasteiger partial charge in [-0.25, -0.2) is 4.79 Å². The average molecular weight is 241 g/mol. The topological polar surface area (TPSA) is 104 Å². The maximum atomic E-state index is 11.4. The standard InChI is InChI=1S/C10H15N3O4/c1-3-4-11-7(14)5-13-9(16)6(2)8(15)12-10(13)17/h16H,3-5H2,1-2H3,(H,11,14)(H,12,15,17). The van der Waals surface area contributed by atoms with Crippen molar-refractivity contribution in [1.82, 2.24) is 14.9 Å². The molecule has 0 atom stereocenters. The van der Waals surface area contributed by atoms with Crippen molar-refractivity contribution in [2.45, 2.75) is 26.8 Å². The molecule has 0 fully saturated rings. The third kappa shape index (κ3) is 2.96. The molecule has 7 heteroatoms. The van der Waals surface area contributed by atoms with Crippen LogP contribution in [0.3, 0.4) is 0 Å². The Morgan fingerprint density at radius 2 is 2.12 bits per heavy atom. The van der Waals surface area contributed by atoms with Crippen LogP contribution in [0.2, 0.25) is 0 Å². The number of carbonyl (C=O) groups excluding carboxylic acids is 1. The zero-order chi connectivity index (χ0) is 13.0. The zero-order valence-corrected chi connectivity index (χ0v) is 9.74. The first-order valence-electron chi connectivity index (χ1n) is 5.26. The van der Waals surface area contributed by atoms with Crippen LogP contribution in [-0.4, -0.2) is 27.1 Å². The van der Waals surface area contributed by atoms with Crippen molar-refractivity contribution >= 4 is 5.91 Å². The predicted molar refractivity (Wildman–Crippen MR) is 61.0 cm³/mol. The fraction of sp³-hybridized carbons (Fsp3) is 0.500. The van der Waals surface area contributed by atoms with Crippen LogP contribution in [0.5, 0.6) is 5.88 Å². The number of amides is 1. The summed E-state index contributed by atoms with van der Waals surface area (Å²) in [5, 5.41) is 12.2. The van der Waals surface area contributed by atoms with Crippen molar-refractivity contribution in [2.75, 3.05) is 6.54 Å². The number of aromatic amines is 1. The fourth-order valence-electron chi connectivity index (χ4n) is 1.27. The lowest BCUT2D eigenvalue weighted by atomic mass is 10.3. The lowest BCUT2D eigenvalue weighted by Gasteiger charge is -2.09. The molecule has 0 saturated heterocycles. The maximum absolute atomic E-state index is 11.4. The predicted octanol–water partition coefficient (Wildman–Crippen LogP) is -0.923. The Bertz CT molecular complexity index is 529. The minimum atomic E-state index is -0.801. The van der Waals surface area contributed by atoms with E-state index in [0.29, 0.717) is 6.54 Å². The van der Waals surface area contributed by atoms with Gasteiger partial charge in [0.25, 0.3) is 5.56 Å². The van der Waals surface area contributed by atoms with Crippen LogP contribution in [-0.2, 0) is 11.3 Å². The Balaban J connectivity index is 3.00. The van der Waals surface area contributed by atoms with Crippen LogP contribution < -0.4 is 16.6 Å². The molecule has 0 unspecified atom stereocenters. The van der Waals surface area contributed by atoms with Gasteiger partial charge in [-0.05, 0) is 13.3 Å². The van der Waals surface area contributed by atoms with E-state index in [1.54, 1.807) is 0 Å². The van der Waals surface area contributed by atoms with Gasteiger partial charge < -0.3 is 10.4 Å². The fourth-order valence-corrected chi connectivity index (χ4v) is 1.27. The first-order chi connectivity index (χ1) is 7.97. The van der Waals surface area contributed by atoms with Crippen LogP contribution in [0.25, 0.3) is 0 Å². The van der Waals surface area contributed by atoms with Gasteiger partial charge in [0, 0.05) is 6.54 Å². The summed E-state index contributed by atoms with van der Waals surface area (Å²) in [5.41, 5.74) is -1.45. The highest BCUT2D eigenvalue weighted by molar-refractivity contribution is 5.75. The largest absolute Gasteiger partial charge is 0.494 e. The van der Waals surface area contributed by atoms with Gasteiger partial charge in [0.05, 0.1) is 5.56 Å². The molecular formula is C10H15N3O4. The van der Waals surface area contributed by atoms with Gasteiger partial charge in [0.2, 0.25) is 11.8 Å². The zero-order valence-electron chi connectivity index (χ0n) is 9.74. The molecule has 0 saturated carbocycles. The summed E-state index contributed by atoms with van der Waals surface area (Å²) < 4.78 is 0.821. The summed E-state index contributed by atoms with van der Waals surface area (Å²) in [7, 11) is 0. The highest BCUT2D eigenvalue weighted by atomic mass is 16.3. The van der Waals surface area contributed by atoms with Gasteiger partial charge in [0.1, 0.15) is 6.54 Å². The molecule has 94 valence electrons. The second-order valence-electron chi connectivity index (χ2n) is 3.64. The lowest BCUT2D eigenvalue weighted by Crippen LogP contribution is -2.37. The van der Waals surface area contributed by atoms with Crippen molar-refractivity contribution in [3.05, 3.63) is 26.4 Å². The van der Waals surface area contributed by atoms with Crippen molar-refractivity contribution < 1.29 is 9.90 Å². The molecular weight excluding hydrogens is 226 g/mol. The minimum absolute atomic E-state index is 0.00731. The van der Waals surface area contributed by atoms with Gasteiger partial charge in [-0.1, -0.05) is 6.92 Å². The molecule has 0 aliphatic carbocycles. The average Bonchev–Trinajstić information content (AvgIpc) is 2.29. The quantitative estimate of drug-likeness (QED) is 0.633. The Morgan fingerprint density at radius 1 is 1.47 bits per heavy atom. The molecule has 0 aromatic carbocycles.